The predicted octanol–water partition coefficient (Wildman–Crippen LogP) is 2.90. The van der Waals surface area contributed by atoms with Gasteiger partial charge in [0.25, 0.3) is 0 Å². The highest BCUT2D eigenvalue weighted by Crippen LogP contribution is 2.24. The molecule has 0 bridgehead atoms. The first-order valence-corrected chi connectivity index (χ1v) is 6.20. The van der Waals surface area contributed by atoms with Crippen LogP contribution in [0.3, 0.4) is 0 Å². The van der Waals surface area contributed by atoms with Gasteiger partial charge in [-0.25, -0.2) is 0 Å². The molecule has 0 aromatic carbocycles. The van der Waals surface area contributed by atoms with Crippen LogP contribution in [0.5, 0.6) is 0 Å². The topological polar surface area (TPSA) is 6.48 Å². The fraction of sp³-hybridized carbons (Fsp3) is 1.00. The maximum Gasteiger partial charge on any atom is 0.401 e. The number of nitrogens with zero attached hydrogens (tertiary/aromatic N) is 2. The second-order valence-corrected chi connectivity index (χ2v) is 4.88. The van der Waals surface area contributed by atoms with Crippen molar-refractivity contribution in [3.8, 4) is 0 Å². The third-order valence-corrected chi connectivity index (χ3v) is 3.10. The highest BCUT2D eigenvalue weighted by molar-refractivity contribution is 4.84. The molecule has 0 aromatic heterocycles. The van der Waals surface area contributed by atoms with Crippen LogP contribution in [-0.4, -0.2) is 60.9 Å². The fourth-order valence-corrected chi connectivity index (χ4v) is 2.40. The lowest BCUT2D eigenvalue weighted by Crippen LogP contribution is -2.56. The van der Waals surface area contributed by atoms with E-state index in [1.165, 1.54) is 9.80 Å². The molecular weight excluding hydrogens is 274 g/mol. The Hall–Kier alpha value is -0.500. The molecule has 2 nitrogen and oxygen atoms in total. The number of alkyl halides is 6. The van der Waals surface area contributed by atoms with E-state index in [1.807, 2.05) is 6.92 Å². The van der Waals surface area contributed by atoms with Crippen LogP contribution in [-0.2, 0) is 0 Å². The van der Waals surface area contributed by atoms with E-state index in [0.717, 1.165) is 0 Å². The molecule has 1 aliphatic heterocycles. The van der Waals surface area contributed by atoms with Crippen LogP contribution >= 0.6 is 0 Å². The van der Waals surface area contributed by atoms with Gasteiger partial charge in [-0.1, -0.05) is 13.3 Å². The largest absolute Gasteiger partial charge is 0.401 e. The molecule has 8 heteroatoms. The second kappa shape index (κ2) is 6.30. The molecule has 0 radical (unpaired) electrons. The molecule has 0 aliphatic carbocycles. The molecular formula is C11H18F6N2. The van der Waals surface area contributed by atoms with Crippen LogP contribution in [0.25, 0.3) is 0 Å². The Kier molecular flexibility index (Phi) is 5.49. The van der Waals surface area contributed by atoms with Gasteiger partial charge in [-0.15, -0.1) is 0 Å². The summed E-state index contributed by atoms with van der Waals surface area (Å²) in [5, 5.41) is 0. The van der Waals surface area contributed by atoms with Gasteiger partial charge in [0.15, 0.2) is 0 Å². The van der Waals surface area contributed by atoms with Crippen LogP contribution < -0.4 is 0 Å². The summed E-state index contributed by atoms with van der Waals surface area (Å²) in [7, 11) is 0. The van der Waals surface area contributed by atoms with Crippen LogP contribution in [0.15, 0.2) is 0 Å². The quantitative estimate of drug-likeness (QED) is 0.735. The van der Waals surface area contributed by atoms with Crippen molar-refractivity contribution >= 4 is 0 Å². The standard InChI is InChI=1S/C11H18F6N2/c1-2-3-9-6-18(7-10(12,13)14)4-5-19(9)8-11(15,16)17/h9H,2-8H2,1H3. The molecule has 1 heterocycles. The van der Waals surface area contributed by atoms with Crippen molar-refractivity contribution < 1.29 is 26.3 Å². The molecule has 0 aromatic rings. The molecule has 0 spiro atoms. The summed E-state index contributed by atoms with van der Waals surface area (Å²) in [5.74, 6) is 0. The average Bonchev–Trinajstić information content (AvgIpc) is 2.18. The van der Waals surface area contributed by atoms with Gasteiger partial charge >= 0.3 is 12.4 Å². The fourth-order valence-electron chi connectivity index (χ4n) is 2.40. The molecule has 1 unspecified atom stereocenters. The van der Waals surface area contributed by atoms with E-state index in [4.69, 9.17) is 0 Å². The van der Waals surface area contributed by atoms with Gasteiger partial charge in [-0.05, 0) is 6.42 Å². The van der Waals surface area contributed by atoms with Crippen molar-refractivity contribution in [1.29, 1.82) is 0 Å². The van der Waals surface area contributed by atoms with Crippen molar-refractivity contribution in [2.75, 3.05) is 32.7 Å². The maximum atomic E-state index is 12.4. The second-order valence-electron chi connectivity index (χ2n) is 4.88. The van der Waals surface area contributed by atoms with Crippen molar-refractivity contribution in [2.24, 2.45) is 0 Å². The summed E-state index contributed by atoms with van der Waals surface area (Å²) in [4.78, 5) is 2.43. The molecule has 19 heavy (non-hydrogen) atoms. The summed E-state index contributed by atoms with van der Waals surface area (Å²) in [6.07, 6.45) is -7.48. The van der Waals surface area contributed by atoms with E-state index in [9.17, 15) is 26.3 Å². The lowest BCUT2D eigenvalue weighted by atomic mass is 10.1. The average molecular weight is 292 g/mol. The third-order valence-electron chi connectivity index (χ3n) is 3.10. The van der Waals surface area contributed by atoms with Gasteiger partial charge in [-0.2, -0.15) is 26.3 Å². The number of piperazine rings is 1. The van der Waals surface area contributed by atoms with Crippen LogP contribution in [0, 0.1) is 0 Å². The van der Waals surface area contributed by atoms with E-state index in [-0.39, 0.29) is 19.6 Å². The highest BCUT2D eigenvalue weighted by atomic mass is 19.4. The first kappa shape index (κ1) is 16.6. The van der Waals surface area contributed by atoms with Crippen molar-refractivity contribution in [2.45, 2.75) is 38.2 Å². The Labute approximate surface area is 108 Å². The molecule has 0 saturated carbocycles. The van der Waals surface area contributed by atoms with Gasteiger partial charge in [0, 0.05) is 25.7 Å². The SMILES string of the molecule is CCCC1CN(CC(F)(F)F)CCN1CC(F)(F)F. The maximum absolute atomic E-state index is 12.4. The normalized spacial score (nSPS) is 23.8. The molecule has 114 valence electrons. The Balaban J connectivity index is 2.59. The Morgan fingerprint density at radius 1 is 0.947 bits per heavy atom. The van der Waals surface area contributed by atoms with E-state index < -0.39 is 31.5 Å². The van der Waals surface area contributed by atoms with Crippen LogP contribution in [0.2, 0.25) is 0 Å². The smallest absolute Gasteiger partial charge is 0.292 e. The Bertz CT molecular complexity index is 275. The molecule has 0 N–H and O–H groups in total. The van der Waals surface area contributed by atoms with Crippen LogP contribution in [0.4, 0.5) is 26.3 Å². The number of halogens is 6. The van der Waals surface area contributed by atoms with Crippen LogP contribution in [0.1, 0.15) is 19.8 Å². The molecule has 1 saturated heterocycles. The lowest BCUT2D eigenvalue weighted by molar-refractivity contribution is -0.170. The van der Waals surface area contributed by atoms with Gasteiger partial charge in [-0.3, -0.25) is 9.80 Å². The van der Waals surface area contributed by atoms with Gasteiger partial charge in [0.2, 0.25) is 0 Å². The van der Waals surface area contributed by atoms with Gasteiger partial charge < -0.3 is 0 Å². The molecule has 1 atom stereocenters. The predicted molar refractivity (Wildman–Crippen MR) is 58.8 cm³/mol. The molecule has 1 fully saturated rings. The first-order valence-electron chi connectivity index (χ1n) is 6.20. The third kappa shape index (κ3) is 6.47. The van der Waals surface area contributed by atoms with Gasteiger partial charge in [0.05, 0.1) is 13.1 Å². The molecule has 1 aliphatic rings. The minimum atomic E-state index is -4.31. The minimum absolute atomic E-state index is 0.0236. The van der Waals surface area contributed by atoms with E-state index in [0.29, 0.717) is 12.8 Å². The lowest BCUT2D eigenvalue weighted by Gasteiger charge is -2.41. The van der Waals surface area contributed by atoms with E-state index >= 15 is 0 Å². The van der Waals surface area contributed by atoms with Crippen molar-refractivity contribution in [3.63, 3.8) is 0 Å². The summed E-state index contributed by atoms with van der Waals surface area (Å²) >= 11 is 0. The summed E-state index contributed by atoms with van der Waals surface area (Å²) in [6, 6.07) is -0.456. The highest BCUT2D eigenvalue weighted by Gasteiger charge is 2.38. The summed E-state index contributed by atoms with van der Waals surface area (Å²) in [6.45, 7) is -0.182. The summed E-state index contributed by atoms with van der Waals surface area (Å²) < 4.78 is 74.0. The van der Waals surface area contributed by atoms with Gasteiger partial charge in [0.1, 0.15) is 0 Å². The minimum Gasteiger partial charge on any atom is -0.292 e. The van der Waals surface area contributed by atoms with E-state index in [1.54, 1.807) is 0 Å². The monoisotopic (exact) mass is 292 g/mol. The van der Waals surface area contributed by atoms with Crippen molar-refractivity contribution in [3.05, 3.63) is 0 Å². The zero-order valence-corrected chi connectivity index (χ0v) is 10.7. The molecule has 0 amide bonds. The number of rotatable bonds is 4. The first-order chi connectivity index (χ1) is 8.61. The molecule has 1 rings (SSSR count). The van der Waals surface area contributed by atoms with E-state index in [2.05, 4.69) is 0 Å². The zero-order chi connectivity index (χ0) is 14.7. The summed E-state index contributed by atoms with van der Waals surface area (Å²) in [5.41, 5.74) is 0. The van der Waals surface area contributed by atoms with Crippen molar-refractivity contribution in [1.82, 2.24) is 9.80 Å². The number of hydrogen-bond donors (Lipinski definition) is 0. The zero-order valence-electron chi connectivity index (χ0n) is 10.7. The Morgan fingerprint density at radius 2 is 1.53 bits per heavy atom. The number of hydrogen-bond acceptors (Lipinski definition) is 2. The Morgan fingerprint density at radius 3 is 2.00 bits per heavy atom.